The van der Waals surface area contributed by atoms with Gasteiger partial charge in [0.2, 0.25) is 5.72 Å². The number of benzene rings is 3. The highest BCUT2D eigenvalue weighted by molar-refractivity contribution is 6.22. The van der Waals surface area contributed by atoms with Gasteiger partial charge in [0.15, 0.2) is 0 Å². The van der Waals surface area contributed by atoms with Crippen LogP contribution in [0.15, 0.2) is 91.1 Å². The molecule has 1 unspecified atom stereocenters. The molecule has 0 bridgehead atoms. The second-order valence-corrected chi connectivity index (χ2v) is 10.1. The summed E-state index contributed by atoms with van der Waals surface area (Å²) in [5.41, 5.74) is -5.72. The number of fused-ring (bicyclic) bond motifs is 3. The molecule has 4 aromatic rings. The van der Waals surface area contributed by atoms with Crippen molar-refractivity contribution in [2.24, 2.45) is 0 Å². The quantitative estimate of drug-likeness (QED) is 0.128. The Hall–Kier alpha value is -3.96. The number of aromatic nitrogens is 1. The van der Waals surface area contributed by atoms with Crippen LogP contribution in [0.1, 0.15) is 39.7 Å². The van der Waals surface area contributed by atoms with Gasteiger partial charge in [-0.2, -0.15) is 26.3 Å². The topological polar surface area (TPSA) is 54.7 Å². The van der Waals surface area contributed by atoms with E-state index in [0.29, 0.717) is 5.56 Å². The fourth-order valence-corrected chi connectivity index (χ4v) is 5.30. The SMILES string of the molecule is CCOC(=O)c1cn2c(c1C(F)(F)C(F)(F)C(F)(F)Cl)C(O)(c1ccccc1)N(Cc1ccccc1)c1ccccc1-2. The van der Waals surface area contributed by atoms with Gasteiger partial charge in [-0.3, -0.25) is 0 Å². The van der Waals surface area contributed by atoms with Crippen LogP contribution in [0.25, 0.3) is 5.69 Å². The lowest BCUT2D eigenvalue weighted by atomic mass is 9.86. The number of nitrogens with zero attached hydrogens (tertiary/aromatic N) is 2. The second kappa shape index (κ2) is 10.4. The Morgan fingerprint density at radius 1 is 0.881 bits per heavy atom. The molecule has 220 valence electrons. The van der Waals surface area contributed by atoms with Crippen molar-refractivity contribution in [3.05, 3.63) is 119 Å². The summed E-state index contributed by atoms with van der Waals surface area (Å²) in [5.74, 6) is -13.5. The third kappa shape index (κ3) is 4.42. The Kier molecular flexibility index (Phi) is 7.31. The lowest BCUT2D eigenvalue weighted by Gasteiger charge is -2.47. The molecule has 0 spiro atoms. The fourth-order valence-electron chi connectivity index (χ4n) is 5.18. The van der Waals surface area contributed by atoms with Crippen molar-refractivity contribution in [2.45, 2.75) is 36.4 Å². The van der Waals surface area contributed by atoms with Crippen molar-refractivity contribution in [2.75, 3.05) is 11.5 Å². The van der Waals surface area contributed by atoms with Crippen molar-refractivity contribution in [1.82, 2.24) is 4.57 Å². The van der Waals surface area contributed by atoms with Crippen molar-refractivity contribution in [3.63, 3.8) is 0 Å². The highest BCUT2D eigenvalue weighted by Crippen LogP contribution is 2.58. The zero-order chi connectivity index (χ0) is 30.5. The van der Waals surface area contributed by atoms with Crippen LogP contribution in [0, 0.1) is 0 Å². The van der Waals surface area contributed by atoms with Crippen molar-refractivity contribution < 1.29 is 41.0 Å². The average Bonchev–Trinajstić information content (AvgIpc) is 3.38. The Morgan fingerprint density at radius 2 is 1.43 bits per heavy atom. The summed E-state index contributed by atoms with van der Waals surface area (Å²) in [4.78, 5) is 14.3. The standard InChI is InChI=1S/C30H23ClF6N2O3/c1-2-42-26(40)21-18-38-22-15-9-10-16-23(22)39(17-19-11-5-3-6-12-19)27(41,20-13-7-4-8-14-20)25(38)24(21)28(32,33)29(34,35)30(31,36)37/h3-16,18,41H,2,17H2,1H3. The van der Waals surface area contributed by atoms with Gasteiger partial charge in [-0.1, -0.05) is 72.8 Å². The number of carbonyl (C=O) groups excluding carboxylic acids is 1. The molecule has 0 saturated heterocycles. The molecule has 1 aliphatic rings. The van der Waals surface area contributed by atoms with E-state index in [1.54, 1.807) is 48.5 Å². The van der Waals surface area contributed by atoms with E-state index in [2.05, 4.69) is 11.6 Å². The zero-order valence-electron chi connectivity index (χ0n) is 21.9. The fraction of sp³-hybridized carbons (Fsp3) is 0.233. The molecule has 1 aliphatic heterocycles. The summed E-state index contributed by atoms with van der Waals surface area (Å²) in [6.45, 7) is 0.868. The number of carbonyl (C=O) groups is 1. The molecule has 0 aliphatic carbocycles. The van der Waals surface area contributed by atoms with E-state index >= 15 is 8.78 Å². The minimum atomic E-state index is -6.20. The molecule has 1 aromatic heterocycles. The normalized spacial score (nSPS) is 17.0. The number of alkyl halides is 7. The maximum Gasteiger partial charge on any atom is 0.390 e. The minimum Gasteiger partial charge on any atom is -0.462 e. The summed E-state index contributed by atoms with van der Waals surface area (Å²) < 4.78 is 95.8. The Balaban J connectivity index is 1.94. The number of anilines is 1. The summed E-state index contributed by atoms with van der Waals surface area (Å²) in [5, 5.41) is 6.92. The van der Waals surface area contributed by atoms with E-state index in [4.69, 9.17) is 4.74 Å². The molecule has 0 saturated carbocycles. The highest BCUT2D eigenvalue weighted by atomic mass is 35.5. The minimum absolute atomic E-state index is 0.0665. The first kappa shape index (κ1) is 29.5. The number of aliphatic hydroxyl groups is 1. The van der Waals surface area contributed by atoms with E-state index in [1.807, 2.05) is 0 Å². The van der Waals surface area contributed by atoms with Crippen LogP contribution >= 0.6 is 11.6 Å². The van der Waals surface area contributed by atoms with Gasteiger partial charge in [0.1, 0.15) is 0 Å². The Labute approximate surface area is 241 Å². The Morgan fingerprint density at radius 3 is 2.00 bits per heavy atom. The number of hydrogen-bond donors (Lipinski definition) is 1. The summed E-state index contributed by atoms with van der Waals surface area (Å²) >= 11 is 4.55. The monoisotopic (exact) mass is 608 g/mol. The third-order valence-electron chi connectivity index (χ3n) is 7.08. The predicted molar refractivity (Wildman–Crippen MR) is 143 cm³/mol. The number of para-hydroxylation sites is 2. The lowest BCUT2D eigenvalue weighted by Crippen LogP contribution is -2.55. The molecule has 3 aromatic carbocycles. The molecular weight excluding hydrogens is 586 g/mol. The van der Waals surface area contributed by atoms with Gasteiger partial charge in [0.05, 0.1) is 34.8 Å². The van der Waals surface area contributed by atoms with Crippen LogP contribution in [0.4, 0.5) is 32.0 Å². The number of esters is 1. The first-order valence-electron chi connectivity index (χ1n) is 12.7. The molecule has 0 fully saturated rings. The van der Waals surface area contributed by atoms with Crippen molar-refractivity contribution in [3.8, 4) is 5.69 Å². The summed E-state index contributed by atoms with van der Waals surface area (Å²) in [7, 11) is 0. The second-order valence-electron chi connectivity index (χ2n) is 9.60. The molecule has 12 heteroatoms. The summed E-state index contributed by atoms with van der Waals surface area (Å²) in [6.07, 6.45) is 0.783. The predicted octanol–water partition coefficient (Wildman–Crippen LogP) is 7.43. The van der Waals surface area contributed by atoms with E-state index in [9.17, 15) is 27.5 Å². The third-order valence-corrected chi connectivity index (χ3v) is 7.32. The largest absolute Gasteiger partial charge is 0.462 e. The van der Waals surface area contributed by atoms with Gasteiger partial charge in [0.25, 0.3) is 0 Å². The van der Waals surface area contributed by atoms with Gasteiger partial charge < -0.3 is 19.3 Å². The van der Waals surface area contributed by atoms with E-state index in [0.717, 1.165) is 10.8 Å². The highest BCUT2D eigenvalue weighted by Gasteiger charge is 2.74. The molecular formula is C30H23ClF6N2O3. The molecule has 2 heterocycles. The van der Waals surface area contributed by atoms with Crippen LogP contribution in [0.2, 0.25) is 0 Å². The van der Waals surface area contributed by atoms with Crippen LogP contribution in [-0.2, 0) is 22.9 Å². The molecule has 42 heavy (non-hydrogen) atoms. The smallest absolute Gasteiger partial charge is 0.390 e. The van der Waals surface area contributed by atoms with Gasteiger partial charge in [-0.25, -0.2) is 4.79 Å². The maximum absolute atomic E-state index is 16.0. The van der Waals surface area contributed by atoms with Gasteiger partial charge >= 0.3 is 23.2 Å². The molecule has 5 rings (SSSR count). The average molecular weight is 609 g/mol. The summed E-state index contributed by atoms with van der Waals surface area (Å²) in [6, 6.07) is 22.0. The Bertz CT molecular complexity index is 1610. The van der Waals surface area contributed by atoms with Crippen molar-refractivity contribution >= 4 is 23.3 Å². The van der Waals surface area contributed by atoms with Crippen LogP contribution in [-0.4, -0.2) is 33.6 Å². The van der Waals surface area contributed by atoms with E-state index < -0.39 is 45.7 Å². The molecule has 0 amide bonds. The van der Waals surface area contributed by atoms with E-state index in [1.165, 1.54) is 48.2 Å². The number of hydrogen-bond acceptors (Lipinski definition) is 4. The van der Waals surface area contributed by atoms with Crippen LogP contribution < -0.4 is 4.90 Å². The lowest BCUT2D eigenvalue weighted by molar-refractivity contribution is -0.286. The molecule has 1 N–H and O–H groups in total. The van der Waals surface area contributed by atoms with Gasteiger partial charge in [-0.15, -0.1) is 0 Å². The zero-order valence-corrected chi connectivity index (χ0v) is 22.6. The first-order chi connectivity index (χ1) is 19.8. The molecule has 1 atom stereocenters. The van der Waals surface area contributed by atoms with E-state index in [-0.39, 0.29) is 30.1 Å². The van der Waals surface area contributed by atoms with Crippen LogP contribution in [0.3, 0.4) is 0 Å². The van der Waals surface area contributed by atoms with Gasteiger partial charge in [0, 0.05) is 18.3 Å². The van der Waals surface area contributed by atoms with Crippen LogP contribution in [0.5, 0.6) is 0 Å². The number of ether oxygens (including phenoxy) is 1. The number of rotatable bonds is 8. The van der Waals surface area contributed by atoms with Crippen molar-refractivity contribution in [1.29, 1.82) is 0 Å². The van der Waals surface area contributed by atoms with Gasteiger partial charge in [-0.05, 0) is 36.2 Å². The maximum atomic E-state index is 16.0. The molecule has 5 nitrogen and oxygen atoms in total. The molecule has 0 radical (unpaired) electrons. The first-order valence-corrected chi connectivity index (χ1v) is 13.1. The number of halogens is 7.